The van der Waals surface area contributed by atoms with E-state index in [4.69, 9.17) is 9.15 Å². The van der Waals surface area contributed by atoms with E-state index in [9.17, 15) is 0 Å². The van der Waals surface area contributed by atoms with Gasteiger partial charge in [-0.05, 0) is 0 Å². The molecule has 3 rings (SSSR count). The topological polar surface area (TPSA) is 67.2 Å². The highest BCUT2D eigenvalue weighted by Gasteiger charge is 2.30. The molecule has 0 saturated carbocycles. The first-order valence-electron chi connectivity index (χ1n) is 7.30. The summed E-state index contributed by atoms with van der Waals surface area (Å²) < 4.78 is 11.3. The Morgan fingerprint density at radius 3 is 2.95 bits per heavy atom. The van der Waals surface area contributed by atoms with Gasteiger partial charge in [0.2, 0.25) is 5.89 Å². The number of oxazole rings is 1. The van der Waals surface area contributed by atoms with E-state index in [1.165, 1.54) is 0 Å². The second kappa shape index (κ2) is 5.61. The van der Waals surface area contributed by atoms with E-state index >= 15 is 0 Å². The van der Waals surface area contributed by atoms with Crippen molar-refractivity contribution in [1.82, 2.24) is 19.9 Å². The number of morpholine rings is 1. The molecule has 0 amide bonds. The van der Waals surface area contributed by atoms with Crippen molar-refractivity contribution in [2.75, 3.05) is 19.8 Å². The maximum absolute atomic E-state index is 5.72. The van der Waals surface area contributed by atoms with Crippen LogP contribution in [0.25, 0.3) is 0 Å². The van der Waals surface area contributed by atoms with Gasteiger partial charge in [0.1, 0.15) is 18.1 Å². The molecular formula is C15H22N4O2. The molecule has 3 heterocycles. The van der Waals surface area contributed by atoms with E-state index < -0.39 is 0 Å². The molecule has 6 heteroatoms. The molecule has 0 bridgehead atoms. The van der Waals surface area contributed by atoms with E-state index in [1.54, 1.807) is 12.5 Å². The Morgan fingerprint density at radius 1 is 1.43 bits per heavy atom. The molecule has 0 aliphatic carbocycles. The summed E-state index contributed by atoms with van der Waals surface area (Å²) in [5.74, 6) is 1.68. The van der Waals surface area contributed by atoms with E-state index in [0.29, 0.717) is 6.61 Å². The normalized spacial score (nSPS) is 20.8. The number of hydrogen-bond donors (Lipinski definition) is 1. The van der Waals surface area contributed by atoms with Crippen LogP contribution in [0.2, 0.25) is 0 Å². The average Bonchev–Trinajstić information content (AvgIpc) is 3.09. The number of aromatic amines is 1. The lowest BCUT2D eigenvalue weighted by atomic mass is 9.93. The van der Waals surface area contributed by atoms with Crippen LogP contribution in [-0.4, -0.2) is 39.6 Å². The first-order valence-corrected chi connectivity index (χ1v) is 7.30. The van der Waals surface area contributed by atoms with Gasteiger partial charge < -0.3 is 14.1 Å². The van der Waals surface area contributed by atoms with Gasteiger partial charge >= 0.3 is 0 Å². The number of H-pyrrole nitrogens is 1. The van der Waals surface area contributed by atoms with Gasteiger partial charge in [-0.15, -0.1) is 0 Å². The Bertz CT molecular complexity index is 571. The quantitative estimate of drug-likeness (QED) is 0.939. The van der Waals surface area contributed by atoms with E-state index in [2.05, 4.69) is 40.6 Å². The largest absolute Gasteiger partial charge is 0.447 e. The van der Waals surface area contributed by atoms with Crippen molar-refractivity contribution in [3.05, 3.63) is 36.1 Å². The Hall–Kier alpha value is -1.66. The summed E-state index contributed by atoms with van der Waals surface area (Å²) in [7, 11) is 0. The van der Waals surface area contributed by atoms with Gasteiger partial charge in [-0.25, -0.2) is 9.97 Å². The number of nitrogens with one attached hydrogen (secondary N) is 1. The molecule has 0 aromatic carbocycles. The summed E-state index contributed by atoms with van der Waals surface area (Å²) in [5.41, 5.74) is 0.962. The fourth-order valence-corrected chi connectivity index (χ4v) is 2.42. The molecule has 114 valence electrons. The molecule has 1 aliphatic heterocycles. The van der Waals surface area contributed by atoms with Gasteiger partial charge in [-0.2, -0.15) is 0 Å². The van der Waals surface area contributed by atoms with Crippen LogP contribution in [-0.2, 0) is 16.7 Å². The van der Waals surface area contributed by atoms with Gasteiger partial charge in [0.25, 0.3) is 0 Å². The highest BCUT2D eigenvalue weighted by atomic mass is 16.5. The second-order valence-corrected chi connectivity index (χ2v) is 6.42. The summed E-state index contributed by atoms with van der Waals surface area (Å²) >= 11 is 0. The molecule has 21 heavy (non-hydrogen) atoms. The van der Waals surface area contributed by atoms with Gasteiger partial charge in [0.15, 0.2) is 0 Å². The monoisotopic (exact) mass is 290 g/mol. The lowest BCUT2D eigenvalue weighted by Crippen LogP contribution is -2.39. The lowest BCUT2D eigenvalue weighted by Gasteiger charge is -2.32. The fraction of sp³-hybridized carbons (Fsp3) is 0.600. The number of ether oxygens (including phenoxy) is 1. The van der Waals surface area contributed by atoms with Crippen LogP contribution >= 0.6 is 0 Å². The van der Waals surface area contributed by atoms with Crippen LogP contribution in [0.15, 0.2) is 23.1 Å². The Morgan fingerprint density at radius 2 is 2.29 bits per heavy atom. The molecule has 1 unspecified atom stereocenters. The molecular weight excluding hydrogens is 268 g/mol. The highest BCUT2D eigenvalue weighted by molar-refractivity contribution is 5.10. The molecule has 1 fully saturated rings. The third-order valence-corrected chi connectivity index (χ3v) is 3.72. The Balaban J connectivity index is 1.79. The summed E-state index contributed by atoms with van der Waals surface area (Å²) in [6.45, 7) is 9.31. The van der Waals surface area contributed by atoms with Crippen LogP contribution in [0.5, 0.6) is 0 Å². The predicted octanol–water partition coefficient (Wildman–Crippen LogP) is 2.27. The third-order valence-electron chi connectivity index (χ3n) is 3.72. The van der Waals surface area contributed by atoms with Gasteiger partial charge in [0, 0.05) is 24.4 Å². The van der Waals surface area contributed by atoms with Crippen molar-refractivity contribution in [2.45, 2.75) is 38.8 Å². The standard InChI is InChI=1S/C15H22N4O2/c1-15(2,3)12-10-21-14(18-12)11-9-20-7-6-19(11)8-13-16-4-5-17-13/h4-5,10-11H,6-9H2,1-3H3,(H,16,17). The summed E-state index contributed by atoms with van der Waals surface area (Å²) in [6, 6.07) is 0.0416. The number of hydrogen-bond acceptors (Lipinski definition) is 5. The van der Waals surface area contributed by atoms with E-state index in [0.717, 1.165) is 37.1 Å². The van der Waals surface area contributed by atoms with Crippen molar-refractivity contribution < 1.29 is 9.15 Å². The van der Waals surface area contributed by atoms with Crippen molar-refractivity contribution in [3.8, 4) is 0 Å². The van der Waals surface area contributed by atoms with Crippen LogP contribution in [0.4, 0.5) is 0 Å². The molecule has 0 radical (unpaired) electrons. The van der Waals surface area contributed by atoms with Gasteiger partial charge in [-0.3, -0.25) is 4.90 Å². The number of nitrogens with zero attached hydrogens (tertiary/aromatic N) is 3. The maximum Gasteiger partial charge on any atom is 0.214 e. The van der Waals surface area contributed by atoms with Crippen molar-refractivity contribution in [2.24, 2.45) is 0 Å². The van der Waals surface area contributed by atoms with E-state index in [-0.39, 0.29) is 11.5 Å². The minimum absolute atomic E-state index is 0.0108. The van der Waals surface area contributed by atoms with E-state index in [1.807, 2.05) is 6.20 Å². The zero-order valence-corrected chi connectivity index (χ0v) is 12.8. The molecule has 1 saturated heterocycles. The molecule has 6 nitrogen and oxygen atoms in total. The van der Waals surface area contributed by atoms with Crippen LogP contribution in [0.1, 0.15) is 44.2 Å². The van der Waals surface area contributed by atoms with Crippen molar-refractivity contribution in [3.63, 3.8) is 0 Å². The smallest absolute Gasteiger partial charge is 0.214 e. The first kappa shape index (κ1) is 14.3. The van der Waals surface area contributed by atoms with Crippen LogP contribution < -0.4 is 0 Å². The van der Waals surface area contributed by atoms with Crippen molar-refractivity contribution >= 4 is 0 Å². The molecule has 1 N–H and O–H groups in total. The lowest BCUT2D eigenvalue weighted by molar-refractivity contribution is -0.0233. The Kier molecular flexibility index (Phi) is 3.82. The fourth-order valence-electron chi connectivity index (χ4n) is 2.42. The van der Waals surface area contributed by atoms with Gasteiger partial charge in [-0.1, -0.05) is 20.8 Å². The zero-order chi connectivity index (χ0) is 14.9. The average molecular weight is 290 g/mol. The second-order valence-electron chi connectivity index (χ2n) is 6.42. The van der Waals surface area contributed by atoms with Gasteiger partial charge in [0.05, 0.1) is 25.5 Å². The van der Waals surface area contributed by atoms with Crippen LogP contribution in [0.3, 0.4) is 0 Å². The van der Waals surface area contributed by atoms with Crippen molar-refractivity contribution in [1.29, 1.82) is 0 Å². The minimum Gasteiger partial charge on any atom is -0.447 e. The molecule has 1 atom stereocenters. The van der Waals surface area contributed by atoms with Crippen LogP contribution in [0, 0.1) is 0 Å². The highest BCUT2D eigenvalue weighted by Crippen LogP contribution is 2.28. The Labute approximate surface area is 124 Å². The summed E-state index contributed by atoms with van der Waals surface area (Å²) in [4.78, 5) is 14.4. The minimum atomic E-state index is -0.0108. The summed E-state index contributed by atoms with van der Waals surface area (Å²) in [5, 5.41) is 0. The molecule has 0 spiro atoms. The zero-order valence-electron chi connectivity index (χ0n) is 12.8. The predicted molar refractivity (Wildman–Crippen MR) is 77.8 cm³/mol. The number of aromatic nitrogens is 3. The molecule has 2 aromatic heterocycles. The first-order chi connectivity index (χ1) is 10.0. The third kappa shape index (κ3) is 3.16. The molecule has 1 aliphatic rings. The maximum atomic E-state index is 5.72. The number of rotatable bonds is 3. The SMILES string of the molecule is CC(C)(C)c1coc(C2COCCN2Cc2ncc[nH]2)n1. The molecule has 2 aromatic rings. The summed E-state index contributed by atoms with van der Waals surface area (Å²) in [6.07, 6.45) is 5.37. The number of imidazole rings is 1.